The molecule has 0 spiro atoms. The first-order valence-electron chi connectivity index (χ1n) is 13.2. The van der Waals surface area contributed by atoms with Gasteiger partial charge in [0.15, 0.2) is 0 Å². The second-order valence-electron chi connectivity index (χ2n) is 9.22. The maximum atomic E-state index is 14.0. The molecule has 214 valence electrons. The zero-order chi connectivity index (χ0) is 29.3. The molecular formula is C30H36ClN3O5S. The molecule has 3 aromatic rings. The van der Waals surface area contributed by atoms with Gasteiger partial charge in [-0.05, 0) is 81.3 Å². The highest BCUT2D eigenvalue weighted by Crippen LogP contribution is 2.27. The Bertz CT molecular complexity index is 1380. The first kappa shape index (κ1) is 31.0. The van der Waals surface area contributed by atoms with E-state index in [0.717, 1.165) is 15.4 Å². The smallest absolute Gasteiger partial charge is 0.264 e. The van der Waals surface area contributed by atoms with Crippen molar-refractivity contribution < 1.29 is 22.7 Å². The molecule has 2 amide bonds. The normalized spacial score (nSPS) is 11.9. The van der Waals surface area contributed by atoms with Gasteiger partial charge in [0, 0.05) is 18.1 Å². The molecule has 0 saturated heterocycles. The van der Waals surface area contributed by atoms with Gasteiger partial charge in [0.2, 0.25) is 11.8 Å². The van der Waals surface area contributed by atoms with E-state index >= 15 is 0 Å². The summed E-state index contributed by atoms with van der Waals surface area (Å²) in [4.78, 5) is 28.5. The molecule has 0 aliphatic rings. The van der Waals surface area contributed by atoms with Gasteiger partial charge in [-0.25, -0.2) is 8.42 Å². The maximum absolute atomic E-state index is 14.0. The fourth-order valence-corrected chi connectivity index (χ4v) is 5.78. The van der Waals surface area contributed by atoms with Crippen molar-refractivity contribution in [2.45, 2.75) is 51.6 Å². The first-order chi connectivity index (χ1) is 19.1. The third-order valence-corrected chi connectivity index (χ3v) is 8.37. The van der Waals surface area contributed by atoms with Crippen LogP contribution in [0.15, 0.2) is 77.7 Å². The molecule has 10 heteroatoms. The Morgan fingerprint density at radius 2 is 1.55 bits per heavy atom. The van der Waals surface area contributed by atoms with Crippen molar-refractivity contribution in [3.05, 3.63) is 88.9 Å². The molecule has 3 aromatic carbocycles. The number of likely N-dealkylation sites (N-methyl/N-ethyl adjacent to an activating group) is 1. The topological polar surface area (TPSA) is 96.0 Å². The summed E-state index contributed by atoms with van der Waals surface area (Å²) in [6, 6.07) is 19.2. The summed E-state index contributed by atoms with van der Waals surface area (Å²) >= 11 is 6.05. The van der Waals surface area contributed by atoms with Crippen LogP contribution in [-0.4, -0.2) is 50.9 Å². The summed E-state index contributed by atoms with van der Waals surface area (Å²) in [5.41, 5.74) is 1.97. The number of nitrogens with zero attached hydrogens (tertiary/aromatic N) is 2. The van der Waals surface area contributed by atoms with Gasteiger partial charge in [-0.3, -0.25) is 13.9 Å². The molecular weight excluding hydrogens is 550 g/mol. The number of hydrogen-bond acceptors (Lipinski definition) is 5. The summed E-state index contributed by atoms with van der Waals surface area (Å²) < 4.78 is 34.4. The number of halogens is 1. The van der Waals surface area contributed by atoms with Gasteiger partial charge >= 0.3 is 0 Å². The first-order valence-corrected chi connectivity index (χ1v) is 15.1. The fraction of sp³-hybridized carbons (Fsp3) is 0.333. The van der Waals surface area contributed by atoms with E-state index in [4.69, 9.17) is 16.3 Å². The number of amides is 2. The minimum atomic E-state index is -4.14. The summed E-state index contributed by atoms with van der Waals surface area (Å²) in [7, 11) is -4.14. The molecule has 0 aliphatic heterocycles. The number of rotatable bonds is 13. The number of ether oxygens (including phenoxy) is 1. The lowest BCUT2D eigenvalue weighted by Crippen LogP contribution is -2.52. The summed E-state index contributed by atoms with van der Waals surface area (Å²) in [6.45, 7) is 7.80. The number of anilines is 1. The third kappa shape index (κ3) is 7.76. The monoisotopic (exact) mass is 585 g/mol. The Morgan fingerprint density at radius 3 is 2.10 bits per heavy atom. The molecule has 0 aliphatic carbocycles. The minimum Gasteiger partial charge on any atom is -0.494 e. The second-order valence-corrected chi connectivity index (χ2v) is 11.5. The van der Waals surface area contributed by atoms with Gasteiger partial charge in [-0.2, -0.15) is 0 Å². The standard InChI is InChI=1S/C30H36ClN3O5S/c1-5-28(30(36)32-6-2)33(20-23-10-12-24(31)13-11-23)29(35)21-34(25-14-16-26(17-15-25)39-7-3)40(37,38)27-18-8-22(4)9-19-27/h8-19,28H,5-7,20-21H2,1-4H3,(H,32,36). The van der Waals surface area contributed by atoms with Crippen LogP contribution in [0, 0.1) is 6.92 Å². The average molecular weight is 586 g/mol. The van der Waals surface area contributed by atoms with Crippen molar-refractivity contribution in [3.63, 3.8) is 0 Å². The molecule has 8 nitrogen and oxygen atoms in total. The van der Waals surface area contributed by atoms with Crippen LogP contribution in [0.1, 0.15) is 38.3 Å². The number of carbonyl (C=O) groups excluding carboxylic acids is 2. The molecule has 0 heterocycles. The van der Waals surface area contributed by atoms with Crippen LogP contribution in [0.4, 0.5) is 5.69 Å². The van der Waals surface area contributed by atoms with E-state index in [1.165, 1.54) is 17.0 Å². The number of benzene rings is 3. The van der Waals surface area contributed by atoms with Crippen LogP contribution in [0.25, 0.3) is 0 Å². The predicted molar refractivity (Wildman–Crippen MR) is 158 cm³/mol. The lowest BCUT2D eigenvalue weighted by atomic mass is 10.1. The van der Waals surface area contributed by atoms with Crippen LogP contribution in [-0.2, 0) is 26.2 Å². The van der Waals surface area contributed by atoms with E-state index in [0.29, 0.717) is 36.0 Å². The SMILES string of the molecule is CCNC(=O)C(CC)N(Cc1ccc(Cl)cc1)C(=O)CN(c1ccc(OCC)cc1)S(=O)(=O)c1ccc(C)cc1. The van der Waals surface area contributed by atoms with Crippen molar-refractivity contribution in [2.75, 3.05) is 24.0 Å². The molecule has 0 bridgehead atoms. The van der Waals surface area contributed by atoms with E-state index in [9.17, 15) is 18.0 Å². The van der Waals surface area contributed by atoms with Gasteiger partial charge in [0.1, 0.15) is 18.3 Å². The van der Waals surface area contributed by atoms with E-state index in [1.807, 2.05) is 20.8 Å². The van der Waals surface area contributed by atoms with Crippen LogP contribution in [0.2, 0.25) is 5.02 Å². The molecule has 3 rings (SSSR count). The number of hydrogen-bond donors (Lipinski definition) is 1. The molecule has 0 radical (unpaired) electrons. The van der Waals surface area contributed by atoms with E-state index < -0.39 is 28.5 Å². The fourth-order valence-electron chi connectivity index (χ4n) is 4.24. The average Bonchev–Trinajstić information content (AvgIpc) is 2.93. The van der Waals surface area contributed by atoms with Crippen LogP contribution in [0.3, 0.4) is 0 Å². The Labute approximate surface area is 241 Å². The molecule has 0 aromatic heterocycles. The highest BCUT2D eigenvalue weighted by molar-refractivity contribution is 7.92. The summed E-state index contributed by atoms with van der Waals surface area (Å²) in [6.07, 6.45) is 0.346. The van der Waals surface area contributed by atoms with Crippen LogP contribution in [0.5, 0.6) is 5.75 Å². The van der Waals surface area contributed by atoms with Crippen LogP contribution >= 0.6 is 11.6 Å². The van der Waals surface area contributed by atoms with Crippen molar-refractivity contribution >= 4 is 39.1 Å². The number of sulfonamides is 1. The van der Waals surface area contributed by atoms with Gasteiger partial charge in [-0.1, -0.05) is 48.4 Å². The lowest BCUT2D eigenvalue weighted by molar-refractivity contribution is -0.140. The Morgan fingerprint density at radius 1 is 0.925 bits per heavy atom. The van der Waals surface area contributed by atoms with Crippen molar-refractivity contribution in [3.8, 4) is 5.75 Å². The zero-order valence-corrected chi connectivity index (χ0v) is 24.8. The molecule has 1 N–H and O–H groups in total. The Kier molecular flexibility index (Phi) is 11.0. The van der Waals surface area contributed by atoms with E-state index in [2.05, 4.69) is 5.32 Å². The van der Waals surface area contributed by atoms with Crippen molar-refractivity contribution in [1.29, 1.82) is 0 Å². The number of aryl methyl sites for hydroxylation is 1. The van der Waals surface area contributed by atoms with E-state index in [1.54, 1.807) is 67.6 Å². The van der Waals surface area contributed by atoms with E-state index in [-0.39, 0.29) is 17.3 Å². The van der Waals surface area contributed by atoms with Gasteiger partial charge in [0.05, 0.1) is 17.2 Å². The molecule has 0 fully saturated rings. The molecule has 0 saturated carbocycles. The minimum absolute atomic E-state index is 0.0554. The Hall–Kier alpha value is -3.56. The van der Waals surface area contributed by atoms with Gasteiger partial charge in [0.25, 0.3) is 10.0 Å². The highest BCUT2D eigenvalue weighted by atomic mass is 35.5. The largest absolute Gasteiger partial charge is 0.494 e. The zero-order valence-electron chi connectivity index (χ0n) is 23.3. The molecule has 1 unspecified atom stereocenters. The van der Waals surface area contributed by atoms with Crippen LogP contribution < -0.4 is 14.4 Å². The highest BCUT2D eigenvalue weighted by Gasteiger charge is 2.33. The number of carbonyl (C=O) groups is 2. The third-order valence-electron chi connectivity index (χ3n) is 6.33. The lowest BCUT2D eigenvalue weighted by Gasteiger charge is -2.33. The van der Waals surface area contributed by atoms with Crippen molar-refractivity contribution in [1.82, 2.24) is 10.2 Å². The van der Waals surface area contributed by atoms with Gasteiger partial charge in [-0.15, -0.1) is 0 Å². The molecule has 1 atom stereocenters. The van der Waals surface area contributed by atoms with Crippen molar-refractivity contribution in [2.24, 2.45) is 0 Å². The van der Waals surface area contributed by atoms with Gasteiger partial charge < -0.3 is 15.0 Å². The summed E-state index contributed by atoms with van der Waals surface area (Å²) in [5, 5.41) is 3.34. The predicted octanol–water partition coefficient (Wildman–Crippen LogP) is 5.19. The summed E-state index contributed by atoms with van der Waals surface area (Å²) in [5.74, 6) is -0.240. The maximum Gasteiger partial charge on any atom is 0.264 e. The molecule has 40 heavy (non-hydrogen) atoms. The Balaban J connectivity index is 2.05. The second kappa shape index (κ2) is 14.2. The number of nitrogens with one attached hydrogen (secondary N) is 1. The quantitative estimate of drug-likeness (QED) is 0.298.